The van der Waals surface area contributed by atoms with Gasteiger partial charge in [-0.1, -0.05) is 0 Å². The lowest BCUT2D eigenvalue weighted by Gasteiger charge is -2.13. The van der Waals surface area contributed by atoms with Crippen molar-refractivity contribution in [1.82, 2.24) is 15.0 Å². The van der Waals surface area contributed by atoms with Crippen LogP contribution in [0.5, 0.6) is 0 Å². The Hall–Kier alpha value is -1.17. The molecule has 0 amide bonds. The Labute approximate surface area is 124 Å². The van der Waals surface area contributed by atoms with Crippen molar-refractivity contribution < 1.29 is 0 Å². The van der Waals surface area contributed by atoms with Crippen LogP contribution in [0.3, 0.4) is 0 Å². The number of hydrogen-bond acceptors (Lipinski definition) is 4. The molecule has 4 nitrogen and oxygen atoms in total. The molecule has 3 rings (SSSR count). The highest BCUT2D eigenvalue weighted by Gasteiger charge is 2.18. The maximum Gasteiger partial charge on any atom is 0.108 e. The summed E-state index contributed by atoms with van der Waals surface area (Å²) < 4.78 is 2.08. The Morgan fingerprint density at radius 3 is 3.00 bits per heavy atom. The molecule has 0 saturated carbocycles. The minimum atomic E-state index is 0.238. The van der Waals surface area contributed by atoms with Crippen LogP contribution >= 0.6 is 11.3 Å². The van der Waals surface area contributed by atoms with E-state index in [2.05, 4.69) is 21.0 Å². The van der Waals surface area contributed by atoms with Gasteiger partial charge in [-0.2, -0.15) is 0 Å². The smallest absolute Gasteiger partial charge is 0.108 e. The highest BCUT2D eigenvalue weighted by molar-refractivity contribution is 7.12. The number of nitrogens with zero attached hydrogens (tertiary/aromatic N) is 2. The van der Waals surface area contributed by atoms with Gasteiger partial charge in [0.15, 0.2) is 0 Å². The number of fused-ring (bicyclic) bond motifs is 1. The largest absolute Gasteiger partial charge is 0.338 e. The van der Waals surface area contributed by atoms with Gasteiger partial charge in [0.2, 0.25) is 0 Å². The maximum atomic E-state index is 5.77. The normalized spacial score (nSPS) is 16.1. The number of rotatable bonds is 5. The molecule has 0 spiro atoms. The van der Waals surface area contributed by atoms with Gasteiger partial charge in [0.1, 0.15) is 5.82 Å². The third kappa shape index (κ3) is 2.80. The third-order valence-corrected chi connectivity index (χ3v) is 5.49. The van der Waals surface area contributed by atoms with Crippen LogP contribution in [0.4, 0.5) is 0 Å². The zero-order valence-corrected chi connectivity index (χ0v) is 12.7. The molecule has 3 N–H and O–H groups in total. The molecule has 0 aromatic carbocycles. The molecule has 108 valence electrons. The van der Waals surface area contributed by atoms with Crippen LogP contribution in [-0.4, -0.2) is 9.55 Å². The van der Waals surface area contributed by atoms with E-state index in [1.807, 2.05) is 30.8 Å². The van der Waals surface area contributed by atoms with Crippen molar-refractivity contribution in [3.8, 4) is 0 Å². The van der Waals surface area contributed by atoms with Crippen molar-refractivity contribution in [3.05, 3.63) is 39.6 Å². The van der Waals surface area contributed by atoms with E-state index >= 15 is 0 Å². The summed E-state index contributed by atoms with van der Waals surface area (Å²) in [6.07, 6.45) is 10.9. The second-order valence-electron chi connectivity index (χ2n) is 5.52. The average Bonchev–Trinajstić information content (AvgIpc) is 3.06. The van der Waals surface area contributed by atoms with Crippen molar-refractivity contribution in [2.75, 3.05) is 0 Å². The van der Waals surface area contributed by atoms with Crippen LogP contribution in [0.2, 0.25) is 0 Å². The Kier molecular flexibility index (Phi) is 4.19. The molecule has 0 bridgehead atoms. The first-order chi connectivity index (χ1) is 9.78. The fourth-order valence-corrected chi connectivity index (χ4v) is 4.26. The van der Waals surface area contributed by atoms with E-state index in [0.717, 1.165) is 18.7 Å². The van der Waals surface area contributed by atoms with Crippen LogP contribution in [-0.2, 0) is 26.3 Å². The molecule has 1 atom stereocenters. The summed E-state index contributed by atoms with van der Waals surface area (Å²) in [6.45, 7) is 0. The number of thiophene rings is 1. The van der Waals surface area contributed by atoms with Crippen molar-refractivity contribution in [1.29, 1.82) is 0 Å². The summed E-state index contributed by atoms with van der Waals surface area (Å²) in [7, 11) is 2.04. The predicted molar refractivity (Wildman–Crippen MR) is 82.6 cm³/mol. The number of hydrogen-bond donors (Lipinski definition) is 2. The lowest BCUT2D eigenvalue weighted by Crippen LogP contribution is -2.28. The molecule has 2 aromatic rings. The summed E-state index contributed by atoms with van der Waals surface area (Å²) in [5.41, 5.74) is 4.53. The molecular weight excluding hydrogens is 268 g/mol. The zero-order chi connectivity index (χ0) is 13.9. The number of imidazole rings is 1. The maximum absolute atomic E-state index is 5.77. The fraction of sp³-hybridized carbons (Fsp3) is 0.533. The molecule has 1 aliphatic rings. The zero-order valence-electron chi connectivity index (χ0n) is 11.9. The first-order valence-electron chi connectivity index (χ1n) is 7.31. The van der Waals surface area contributed by atoms with Gasteiger partial charge in [-0.05, 0) is 43.7 Å². The van der Waals surface area contributed by atoms with Crippen molar-refractivity contribution >= 4 is 11.3 Å². The molecule has 2 heterocycles. The highest BCUT2D eigenvalue weighted by atomic mass is 32.1. The number of aromatic nitrogens is 2. The third-order valence-electron chi connectivity index (χ3n) is 4.14. The minimum absolute atomic E-state index is 0.238. The van der Waals surface area contributed by atoms with Gasteiger partial charge >= 0.3 is 0 Å². The number of aryl methyl sites for hydroxylation is 4. The lowest BCUT2D eigenvalue weighted by molar-refractivity contribution is 0.513. The standard InChI is InChI=1S/C15H22N4S/c1-19-9-8-17-15(19)7-6-12(18-16)14-10-11-4-2-3-5-13(11)20-14/h8-10,12,18H,2-7,16H2,1H3. The molecule has 0 fully saturated rings. The average molecular weight is 290 g/mol. The molecule has 1 aliphatic carbocycles. The summed E-state index contributed by atoms with van der Waals surface area (Å²) >= 11 is 1.94. The van der Waals surface area contributed by atoms with Gasteiger partial charge in [0.05, 0.1) is 6.04 Å². The van der Waals surface area contributed by atoms with Crippen molar-refractivity contribution in [3.63, 3.8) is 0 Å². The minimum Gasteiger partial charge on any atom is -0.338 e. The molecule has 0 radical (unpaired) electrons. The van der Waals surface area contributed by atoms with Gasteiger partial charge < -0.3 is 4.57 Å². The first-order valence-corrected chi connectivity index (χ1v) is 8.13. The summed E-state index contributed by atoms with van der Waals surface area (Å²) in [4.78, 5) is 7.33. The second-order valence-corrected chi connectivity index (χ2v) is 6.68. The Bertz CT molecular complexity index is 549. The van der Waals surface area contributed by atoms with E-state index in [4.69, 9.17) is 5.84 Å². The van der Waals surface area contributed by atoms with Crippen LogP contribution in [0, 0.1) is 0 Å². The van der Waals surface area contributed by atoms with Gasteiger partial charge in [-0.15, -0.1) is 11.3 Å². The van der Waals surface area contributed by atoms with E-state index in [-0.39, 0.29) is 6.04 Å². The van der Waals surface area contributed by atoms with Crippen LogP contribution in [0.25, 0.3) is 0 Å². The highest BCUT2D eigenvalue weighted by Crippen LogP contribution is 2.34. The number of hydrazine groups is 1. The topological polar surface area (TPSA) is 55.9 Å². The fourth-order valence-electron chi connectivity index (χ4n) is 2.90. The van der Waals surface area contributed by atoms with E-state index in [0.29, 0.717) is 0 Å². The van der Waals surface area contributed by atoms with Gasteiger partial charge in [0, 0.05) is 35.6 Å². The molecule has 0 saturated heterocycles. The van der Waals surface area contributed by atoms with Gasteiger partial charge in [-0.25, -0.2) is 4.98 Å². The molecule has 0 aliphatic heterocycles. The quantitative estimate of drug-likeness (QED) is 0.657. The molecule has 5 heteroatoms. The van der Waals surface area contributed by atoms with Crippen LogP contribution < -0.4 is 11.3 Å². The van der Waals surface area contributed by atoms with E-state index in [1.54, 1.807) is 10.4 Å². The summed E-state index contributed by atoms with van der Waals surface area (Å²) in [6, 6.07) is 2.60. The number of nitrogens with one attached hydrogen (secondary N) is 1. The Morgan fingerprint density at radius 2 is 2.30 bits per heavy atom. The van der Waals surface area contributed by atoms with Crippen molar-refractivity contribution in [2.45, 2.75) is 44.6 Å². The molecule has 1 unspecified atom stereocenters. The Morgan fingerprint density at radius 1 is 1.45 bits per heavy atom. The van der Waals surface area contributed by atoms with E-state index in [1.165, 1.54) is 30.6 Å². The first kappa shape index (κ1) is 13.8. The van der Waals surface area contributed by atoms with Crippen LogP contribution in [0.1, 0.15) is 46.4 Å². The van der Waals surface area contributed by atoms with Crippen molar-refractivity contribution in [2.24, 2.45) is 12.9 Å². The summed E-state index contributed by atoms with van der Waals surface area (Å²) in [5.74, 6) is 6.89. The van der Waals surface area contributed by atoms with Gasteiger partial charge in [0.25, 0.3) is 0 Å². The number of nitrogens with two attached hydrogens (primary N) is 1. The predicted octanol–water partition coefficient (Wildman–Crippen LogP) is 2.50. The monoisotopic (exact) mass is 290 g/mol. The Balaban J connectivity index is 1.70. The molecular formula is C15H22N4S. The molecule has 2 aromatic heterocycles. The molecule has 20 heavy (non-hydrogen) atoms. The SMILES string of the molecule is Cn1ccnc1CCC(NN)c1cc2c(s1)CCCC2. The van der Waals surface area contributed by atoms with Gasteiger partial charge in [-0.3, -0.25) is 11.3 Å². The van der Waals surface area contributed by atoms with Crippen LogP contribution in [0.15, 0.2) is 18.5 Å². The summed E-state index contributed by atoms with van der Waals surface area (Å²) in [5, 5.41) is 0. The lowest BCUT2D eigenvalue weighted by atomic mass is 9.98. The second kappa shape index (κ2) is 6.08. The van der Waals surface area contributed by atoms with E-state index in [9.17, 15) is 0 Å². The van der Waals surface area contributed by atoms with E-state index < -0.39 is 0 Å².